The van der Waals surface area contributed by atoms with Crippen molar-refractivity contribution in [1.82, 2.24) is 14.5 Å². The maximum atomic E-state index is 5.57. The predicted octanol–water partition coefficient (Wildman–Crippen LogP) is 2.66. The lowest BCUT2D eigenvalue weighted by molar-refractivity contribution is 0.143. The summed E-state index contributed by atoms with van der Waals surface area (Å²) in [6, 6.07) is 0.624. The van der Waals surface area contributed by atoms with Crippen LogP contribution in [0.4, 0.5) is 0 Å². The Hall–Kier alpha value is -1.13. The van der Waals surface area contributed by atoms with E-state index in [1.165, 1.54) is 68.0 Å². The third-order valence-corrected chi connectivity index (χ3v) is 5.37. The molecule has 0 bridgehead atoms. The first-order valence-electron chi connectivity index (χ1n) is 8.86. The van der Waals surface area contributed by atoms with Crippen molar-refractivity contribution < 1.29 is 4.74 Å². The van der Waals surface area contributed by atoms with Crippen LogP contribution in [0.15, 0.2) is 11.6 Å². The topological polar surface area (TPSA) is 30.3 Å². The smallest absolute Gasteiger partial charge is 0.106 e. The highest BCUT2D eigenvalue weighted by molar-refractivity contribution is 5.21. The van der Waals surface area contributed by atoms with E-state index in [2.05, 4.69) is 22.5 Å². The summed E-state index contributed by atoms with van der Waals surface area (Å²) in [5.41, 5.74) is 4.39. The Balaban J connectivity index is 1.46. The van der Waals surface area contributed by atoms with Crippen LogP contribution in [0.1, 0.15) is 48.9 Å². The molecule has 22 heavy (non-hydrogen) atoms. The Kier molecular flexibility index (Phi) is 4.05. The van der Waals surface area contributed by atoms with Gasteiger partial charge in [-0.15, -0.1) is 0 Å². The summed E-state index contributed by atoms with van der Waals surface area (Å²) in [6.07, 6.45) is 9.78. The Morgan fingerprint density at radius 1 is 1.32 bits per heavy atom. The highest BCUT2D eigenvalue weighted by Crippen LogP contribution is 2.30. The summed E-state index contributed by atoms with van der Waals surface area (Å²) < 4.78 is 8.14. The molecule has 0 radical (unpaired) electrons. The van der Waals surface area contributed by atoms with Crippen LogP contribution in [0.5, 0.6) is 0 Å². The van der Waals surface area contributed by atoms with E-state index in [4.69, 9.17) is 9.72 Å². The Labute approximate surface area is 133 Å². The molecule has 0 amide bonds. The van der Waals surface area contributed by atoms with Crippen LogP contribution in [-0.4, -0.2) is 47.3 Å². The van der Waals surface area contributed by atoms with Gasteiger partial charge in [0.2, 0.25) is 0 Å². The van der Waals surface area contributed by atoms with E-state index < -0.39 is 0 Å². The van der Waals surface area contributed by atoms with Crippen LogP contribution in [0.3, 0.4) is 0 Å². The van der Waals surface area contributed by atoms with Crippen molar-refractivity contribution >= 4 is 0 Å². The maximum absolute atomic E-state index is 5.57. The number of aromatic nitrogens is 2. The van der Waals surface area contributed by atoms with E-state index in [-0.39, 0.29) is 0 Å². The maximum Gasteiger partial charge on any atom is 0.106 e. The van der Waals surface area contributed by atoms with Crippen molar-refractivity contribution in [2.75, 3.05) is 32.8 Å². The SMILES string of the molecule is Cc1nc2c(n1[C@@H]1CCN(CC3=CCCOC3)C1)CCCC2. The number of hydrogen-bond donors (Lipinski definition) is 0. The number of likely N-dealkylation sites (tertiary alicyclic amines) is 1. The molecule has 2 aliphatic heterocycles. The Bertz CT molecular complexity index is 575. The second kappa shape index (κ2) is 6.17. The fourth-order valence-electron chi connectivity index (χ4n) is 4.36. The molecule has 0 saturated carbocycles. The largest absolute Gasteiger partial charge is 0.377 e. The standard InChI is InChI=1S/C18H27N3O/c1-14-19-17-6-2-3-7-18(17)21(14)16-8-9-20(12-16)11-15-5-4-10-22-13-15/h5,16H,2-4,6-13H2,1H3/t16-/m1/s1. The summed E-state index contributed by atoms with van der Waals surface area (Å²) in [5, 5.41) is 0. The normalized spacial score (nSPS) is 26.0. The molecule has 0 aromatic carbocycles. The average molecular weight is 301 g/mol. The van der Waals surface area contributed by atoms with E-state index in [0.29, 0.717) is 6.04 Å². The summed E-state index contributed by atoms with van der Waals surface area (Å²) in [5.74, 6) is 1.24. The van der Waals surface area contributed by atoms with Crippen molar-refractivity contribution in [1.29, 1.82) is 0 Å². The zero-order valence-corrected chi connectivity index (χ0v) is 13.7. The van der Waals surface area contributed by atoms with Gasteiger partial charge in [0.1, 0.15) is 5.82 Å². The van der Waals surface area contributed by atoms with Crippen LogP contribution >= 0.6 is 0 Å². The second-order valence-electron chi connectivity index (χ2n) is 7.01. The van der Waals surface area contributed by atoms with Crippen molar-refractivity contribution in [3.05, 3.63) is 28.9 Å². The van der Waals surface area contributed by atoms with Crippen molar-refractivity contribution in [2.45, 2.75) is 51.5 Å². The zero-order chi connectivity index (χ0) is 14.9. The van der Waals surface area contributed by atoms with Crippen LogP contribution in [0.2, 0.25) is 0 Å². The van der Waals surface area contributed by atoms with E-state index in [1.54, 1.807) is 0 Å². The second-order valence-corrected chi connectivity index (χ2v) is 7.01. The molecular weight excluding hydrogens is 274 g/mol. The molecule has 4 rings (SSSR count). The summed E-state index contributed by atoms with van der Waals surface area (Å²) in [6.45, 7) is 7.38. The molecule has 1 aromatic heterocycles. The Morgan fingerprint density at radius 2 is 2.23 bits per heavy atom. The molecular formula is C18H27N3O. The van der Waals surface area contributed by atoms with Gasteiger partial charge in [-0.1, -0.05) is 6.08 Å². The molecule has 120 valence electrons. The van der Waals surface area contributed by atoms with Gasteiger partial charge in [0, 0.05) is 31.4 Å². The molecule has 1 aliphatic carbocycles. The summed E-state index contributed by atoms with van der Waals surface area (Å²) in [4.78, 5) is 7.45. The molecule has 3 aliphatic rings. The van der Waals surface area contributed by atoms with Gasteiger partial charge in [0.05, 0.1) is 18.9 Å². The van der Waals surface area contributed by atoms with Gasteiger partial charge >= 0.3 is 0 Å². The first-order chi connectivity index (χ1) is 10.8. The highest BCUT2D eigenvalue weighted by Gasteiger charge is 2.29. The highest BCUT2D eigenvalue weighted by atomic mass is 16.5. The van der Waals surface area contributed by atoms with Gasteiger partial charge in [-0.25, -0.2) is 4.98 Å². The molecule has 0 unspecified atom stereocenters. The van der Waals surface area contributed by atoms with Crippen molar-refractivity contribution in [3.8, 4) is 0 Å². The number of hydrogen-bond acceptors (Lipinski definition) is 3. The molecule has 1 saturated heterocycles. The third kappa shape index (κ3) is 2.74. The van der Waals surface area contributed by atoms with Gasteiger partial charge in [-0.2, -0.15) is 0 Å². The number of imidazole rings is 1. The molecule has 4 nitrogen and oxygen atoms in total. The molecule has 0 N–H and O–H groups in total. The molecule has 0 spiro atoms. The van der Waals surface area contributed by atoms with Gasteiger partial charge < -0.3 is 9.30 Å². The first kappa shape index (κ1) is 14.5. The number of nitrogens with zero attached hydrogens (tertiary/aromatic N) is 3. The molecule has 1 atom stereocenters. The third-order valence-electron chi connectivity index (χ3n) is 5.37. The minimum absolute atomic E-state index is 0.624. The van der Waals surface area contributed by atoms with Crippen molar-refractivity contribution in [2.24, 2.45) is 0 Å². The fraction of sp³-hybridized carbons (Fsp3) is 0.722. The number of fused-ring (bicyclic) bond motifs is 1. The van der Waals surface area contributed by atoms with Gasteiger partial charge in [-0.05, 0) is 51.0 Å². The Morgan fingerprint density at radius 3 is 3.09 bits per heavy atom. The van der Waals surface area contributed by atoms with Crippen LogP contribution in [-0.2, 0) is 17.6 Å². The lowest BCUT2D eigenvalue weighted by Crippen LogP contribution is -2.27. The lowest BCUT2D eigenvalue weighted by Gasteiger charge is -2.23. The summed E-state index contributed by atoms with van der Waals surface area (Å²) in [7, 11) is 0. The number of aryl methyl sites for hydroxylation is 2. The van der Waals surface area contributed by atoms with Gasteiger partial charge in [-0.3, -0.25) is 4.90 Å². The number of ether oxygens (including phenoxy) is 1. The fourth-order valence-corrected chi connectivity index (χ4v) is 4.36. The van der Waals surface area contributed by atoms with Gasteiger partial charge in [0.25, 0.3) is 0 Å². The van der Waals surface area contributed by atoms with E-state index in [1.807, 2.05) is 0 Å². The van der Waals surface area contributed by atoms with E-state index in [0.717, 1.165) is 26.2 Å². The summed E-state index contributed by atoms with van der Waals surface area (Å²) >= 11 is 0. The first-order valence-corrected chi connectivity index (χ1v) is 8.86. The zero-order valence-electron chi connectivity index (χ0n) is 13.7. The number of rotatable bonds is 3. The predicted molar refractivity (Wildman–Crippen MR) is 87.2 cm³/mol. The molecule has 4 heteroatoms. The molecule has 1 fully saturated rings. The van der Waals surface area contributed by atoms with E-state index >= 15 is 0 Å². The monoisotopic (exact) mass is 301 g/mol. The van der Waals surface area contributed by atoms with E-state index in [9.17, 15) is 0 Å². The molecule has 3 heterocycles. The molecule has 1 aromatic rings. The minimum atomic E-state index is 0.624. The average Bonchev–Trinajstić information content (AvgIpc) is 3.11. The van der Waals surface area contributed by atoms with Crippen LogP contribution < -0.4 is 0 Å². The lowest BCUT2D eigenvalue weighted by atomic mass is 10.0. The minimum Gasteiger partial charge on any atom is -0.377 e. The van der Waals surface area contributed by atoms with Crippen molar-refractivity contribution in [3.63, 3.8) is 0 Å². The van der Waals surface area contributed by atoms with Gasteiger partial charge in [0.15, 0.2) is 0 Å². The van der Waals surface area contributed by atoms with Crippen LogP contribution in [0.25, 0.3) is 0 Å². The quantitative estimate of drug-likeness (QED) is 0.804. The van der Waals surface area contributed by atoms with Crippen LogP contribution in [0, 0.1) is 6.92 Å².